The second kappa shape index (κ2) is 7.67. The molecule has 1 aliphatic rings. The molecule has 8 nitrogen and oxygen atoms in total. The van der Waals surface area contributed by atoms with E-state index in [0.29, 0.717) is 11.1 Å². The molecule has 1 aromatic carbocycles. The fourth-order valence-corrected chi connectivity index (χ4v) is 4.12. The van der Waals surface area contributed by atoms with Gasteiger partial charge in [-0.15, -0.1) is 5.10 Å². The van der Waals surface area contributed by atoms with Crippen molar-refractivity contribution in [3.8, 4) is 0 Å². The zero-order valence-electron chi connectivity index (χ0n) is 16.0. The maximum absolute atomic E-state index is 13.3. The summed E-state index contributed by atoms with van der Waals surface area (Å²) in [6, 6.07) is 9.09. The molecule has 0 fully saturated rings. The molecule has 2 N–H and O–H groups in total. The van der Waals surface area contributed by atoms with Crippen LogP contribution in [0, 0.1) is 5.92 Å². The van der Waals surface area contributed by atoms with Gasteiger partial charge in [-0.3, -0.25) is 9.48 Å². The van der Waals surface area contributed by atoms with Gasteiger partial charge < -0.3 is 10.6 Å². The fourth-order valence-electron chi connectivity index (χ4n) is 3.56. The number of fused-ring (bicyclic) bond motifs is 1. The van der Waals surface area contributed by atoms with Crippen LogP contribution >= 0.6 is 11.8 Å². The Morgan fingerprint density at radius 1 is 1.32 bits per heavy atom. The Bertz CT molecular complexity index is 968. The first kappa shape index (κ1) is 18.5. The topological polar surface area (TPSA) is 89.7 Å². The van der Waals surface area contributed by atoms with E-state index in [1.807, 2.05) is 55.2 Å². The van der Waals surface area contributed by atoms with E-state index in [-0.39, 0.29) is 23.9 Å². The van der Waals surface area contributed by atoms with E-state index >= 15 is 0 Å². The summed E-state index contributed by atoms with van der Waals surface area (Å²) in [4.78, 5) is 17.9. The maximum atomic E-state index is 13.3. The molecule has 3 atom stereocenters. The fraction of sp³-hybridized carbons (Fsp3) is 0.368. The van der Waals surface area contributed by atoms with Crippen molar-refractivity contribution in [2.45, 2.75) is 31.1 Å². The van der Waals surface area contributed by atoms with Gasteiger partial charge in [-0.25, -0.2) is 4.68 Å². The van der Waals surface area contributed by atoms with Gasteiger partial charge in [0, 0.05) is 30.5 Å². The molecule has 28 heavy (non-hydrogen) atoms. The van der Waals surface area contributed by atoms with Crippen LogP contribution in [-0.4, -0.2) is 42.2 Å². The number of nitrogens with zero attached hydrogens (tertiary/aromatic N) is 5. The Hall–Kier alpha value is -2.81. The van der Waals surface area contributed by atoms with Gasteiger partial charge in [0.05, 0.1) is 18.2 Å². The zero-order valence-corrected chi connectivity index (χ0v) is 16.8. The van der Waals surface area contributed by atoms with Gasteiger partial charge in [-0.1, -0.05) is 36.9 Å². The summed E-state index contributed by atoms with van der Waals surface area (Å²) in [5.74, 6) is 1.12. The highest BCUT2D eigenvalue weighted by molar-refractivity contribution is 7.99. The van der Waals surface area contributed by atoms with Crippen LogP contribution in [0.15, 0.2) is 47.9 Å². The van der Waals surface area contributed by atoms with Gasteiger partial charge in [0.25, 0.3) is 0 Å². The lowest BCUT2D eigenvalue weighted by Crippen LogP contribution is -2.46. The average Bonchev–Trinajstić information content (AvgIpc) is 3.27. The number of carbonyl (C=O) groups excluding carboxylic acids is 1. The van der Waals surface area contributed by atoms with E-state index in [9.17, 15) is 4.79 Å². The Balaban J connectivity index is 1.73. The van der Waals surface area contributed by atoms with Crippen LogP contribution in [-0.2, 0) is 11.8 Å². The summed E-state index contributed by atoms with van der Waals surface area (Å²) >= 11 is 1.58. The first-order valence-corrected chi connectivity index (χ1v) is 10.3. The Morgan fingerprint density at radius 2 is 2.11 bits per heavy atom. The Kier molecular flexibility index (Phi) is 5.08. The van der Waals surface area contributed by atoms with Crippen LogP contribution in [0.5, 0.6) is 0 Å². The number of nitrogens with one attached hydrogen (secondary N) is 2. The summed E-state index contributed by atoms with van der Waals surface area (Å²) in [7, 11) is 1.87. The number of amides is 1. The molecule has 3 aromatic rings. The third-order valence-corrected chi connectivity index (χ3v) is 5.51. The van der Waals surface area contributed by atoms with Crippen LogP contribution in [0.25, 0.3) is 0 Å². The number of aromatic nitrogens is 5. The van der Waals surface area contributed by atoms with Crippen molar-refractivity contribution in [1.82, 2.24) is 24.5 Å². The minimum absolute atomic E-state index is 0.0640. The van der Waals surface area contributed by atoms with Crippen molar-refractivity contribution in [1.29, 1.82) is 0 Å². The molecule has 1 amide bonds. The quantitative estimate of drug-likeness (QED) is 0.644. The van der Waals surface area contributed by atoms with Crippen LogP contribution in [0.2, 0.25) is 0 Å². The molecule has 146 valence electrons. The smallest absolute Gasteiger partial charge is 0.232 e. The SMILES string of the molecule is CCSc1nc2n(n1)[C@H](c1cnn(C)c1)[C@H](C(=O)Nc1ccccc1)[C@H](C)N2. The Morgan fingerprint density at radius 3 is 2.79 bits per heavy atom. The van der Waals surface area contributed by atoms with Crippen molar-refractivity contribution < 1.29 is 4.79 Å². The van der Waals surface area contributed by atoms with Gasteiger partial charge >= 0.3 is 0 Å². The van der Waals surface area contributed by atoms with E-state index in [0.717, 1.165) is 17.0 Å². The lowest BCUT2D eigenvalue weighted by atomic mass is 9.86. The minimum Gasteiger partial charge on any atom is -0.351 e. The molecule has 0 saturated carbocycles. The predicted octanol–water partition coefficient (Wildman–Crippen LogP) is 2.78. The van der Waals surface area contributed by atoms with Crippen molar-refractivity contribution >= 4 is 29.3 Å². The molecule has 0 aliphatic carbocycles. The van der Waals surface area contributed by atoms with E-state index in [2.05, 4.69) is 32.7 Å². The van der Waals surface area contributed by atoms with Crippen molar-refractivity contribution in [2.75, 3.05) is 16.4 Å². The first-order valence-electron chi connectivity index (χ1n) is 9.27. The molecule has 3 heterocycles. The molecule has 0 bridgehead atoms. The number of rotatable bonds is 5. The van der Waals surface area contributed by atoms with Gasteiger partial charge in [0.1, 0.15) is 0 Å². The maximum Gasteiger partial charge on any atom is 0.232 e. The van der Waals surface area contributed by atoms with Crippen LogP contribution in [0.1, 0.15) is 25.5 Å². The first-order chi connectivity index (χ1) is 13.6. The molecule has 2 aromatic heterocycles. The summed E-state index contributed by atoms with van der Waals surface area (Å²) in [5.41, 5.74) is 1.71. The lowest BCUT2D eigenvalue weighted by Gasteiger charge is -2.36. The highest BCUT2D eigenvalue weighted by Crippen LogP contribution is 2.37. The number of carbonyl (C=O) groups is 1. The van der Waals surface area contributed by atoms with Crippen LogP contribution in [0.4, 0.5) is 11.6 Å². The normalized spacial score (nSPS) is 21.0. The molecule has 9 heteroatoms. The molecule has 0 radical (unpaired) electrons. The van der Waals surface area contributed by atoms with Gasteiger partial charge in [0.15, 0.2) is 0 Å². The number of anilines is 2. The summed E-state index contributed by atoms with van der Waals surface area (Å²) < 4.78 is 3.57. The monoisotopic (exact) mass is 397 g/mol. The Labute approximate surface area is 167 Å². The molecule has 1 aliphatic heterocycles. The van der Waals surface area contributed by atoms with Crippen molar-refractivity contribution in [3.63, 3.8) is 0 Å². The van der Waals surface area contributed by atoms with E-state index < -0.39 is 0 Å². The summed E-state index contributed by atoms with van der Waals surface area (Å²) in [6.45, 7) is 4.07. The van der Waals surface area contributed by atoms with Gasteiger partial charge in [-0.2, -0.15) is 10.1 Å². The summed E-state index contributed by atoms with van der Waals surface area (Å²) in [6.07, 6.45) is 3.73. The largest absolute Gasteiger partial charge is 0.351 e. The second-order valence-electron chi connectivity index (χ2n) is 6.80. The molecular formula is C19H23N7OS. The highest BCUT2D eigenvalue weighted by atomic mass is 32.2. The van der Waals surface area contributed by atoms with Gasteiger partial charge in [0.2, 0.25) is 17.0 Å². The lowest BCUT2D eigenvalue weighted by molar-refractivity contribution is -0.121. The van der Waals surface area contributed by atoms with E-state index in [1.54, 1.807) is 22.6 Å². The molecule has 0 saturated heterocycles. The number of aryl methyl sites for hydroxylation is 1. The molecular weight excluding hydrogens is 374 g/mol. The number of thioether (sulfide) groups is 1. The highest BCUT2D eigenvalue weighted by Gasteiger charge is 2.42. The molecule has 0 unspecified atom stereocenters. The zero-order chi connectivity index (χ0) is 19.7. The van der Waals surface area contributed by atoms with Crippen LogP contribution < -0.4 is 10.6 Å². The number of hydrogen-bond donors (Lipinski definition) is 2. The van der Waals surface area contributed by atoms with Crippen LogP contribution in [0.3, 0.4) is 0 Å². The average molecular weight is 398 g/mol. The number of benzene rings is 1. The van der Waals surface area contributed by atoms with Crippen molar-refractivity contribution in [2.24, 2.45) is 13.0 Å². The molecule has 0 spiro atoms. The van der Waals surface area contributed by atoms with Gasteiger partial charge in [-0.05, 0) is 24.8 Å². The minimum atomic E-state index is -0.377. The third-order valence-electron chi connectivity index (χ3n) is 4.79. The summed E-state index contributed by atoms with van der Waals surface area (Å²) in [5, 5.41) is 16.1. The second-order valence-corrected chi connectivity index (χ2v) is 8.03. The molecule has 4 rings (SSSR count). The standard InChI is InChI=1S/C19H23N7OS/c1-4-28-19-23-18-21-12(2)15(17(27)22-14-8-6-5-7-9-14)16(26(18)24-19)13-10-20-25(3)11-13/h5-12,15-16H,4H2,1-3H3,(H,22,27)(H,21,23,24)/t12-,15+,16+/m0/s1. The van der Waals surface area contributed by atoms with E-state index in [4.69, 9.17) is 0 Å². The predicted molar refractivity (Wildman–Crippen MR) is 109 cm³/mol. The van der Waals surface area contributed by atoms with E-state index in [1.165, 1.54) is 0 Å². The third kappa shape index (κ3) is 3.49. The number of hydrogen-bond acceptors (Lipinski definition) is 6. The number of para-hydroxylation sites is 1. The van der Waals surface area contributed by atoms with Crippen molar-refractivity contribution in [3.05, 3.63) is 48.3 Å².